The number of anilines is 2. The monoisotopic (exact) mass is 489 g/mol. The van der Waals surface area contributed by atoms with Crippen LogP contribution in [0, 0.1) is 6.92 Å². The van der Waals surface area contributed by atoms with Crippen LogP contribution < -0.4 is 20.7 Å². The van der Waals surface area contributed by atoms with Crippen LogP contribution in [-0.4, -0.2) is 23.5 Å². The fraction of sp³-hybridized carbons (Fsp3) is 0.250. The molecule has 0 saturated heterocycles. The summed E-state index contributed by atoms with van der Waals surface area (Å²) in [5.41, 5.74) is 3.31. The normalized spacial score (nSPS) is 10.3. The number of ether oxygens (including phenoxy) is 1. The molecule has 0 radical (unpaired) electrons. The molecular formula is C28H31N3O3S. The molecule has 3 N–H and O–H groups in total. The number of carbonyl (C=O) groups is 2. The Kier molecular flexibility index (Phi) is 9.80. The molecule has 0 aliphatic heterocycles. The molecule has 182 valence electrons. The third-order valence-electron chi connectivity index (χ3n) is 5.40. The fourth-order valence-electron chi connectivity index (χ4n) is 3.49. The minimum absolute atomic E-state index is 0.169. The maximum absolute atomic E-state index is 12.8. The van der Waals surface area contributed by atoms with Gasteiger partial charge in [0.15, 0.2) is 5.11 Å². The van der Waals surface area contributed by atoms with Crippen LogP contribution in [0.5, 0.6) is 5.75 Å². The zero-order valence-corrected chi connectivity index (χ0v) is 20.9. The molecule has 2 amide bonds. The Labute approximate surface area is 212 Å². The zero-order chi connectivity index (χ0) is 25.0. The number of hydrogen-bond acceptors (Lipinski definition) is 4. The van der Waals surface area contributed by atoms with Gasteiger partial charge in [0.1, 0.15) is 5.75 Å². The molecule has 0 aliphatic carbocycles. The van der Waals surface area contributed by atoms with Gasteiger partial charge in [-0.05, 0) is 73.6 Å². The minimum atomic E-state index is -0.339. The molecule has 3 aromatic rings. The number of rotatable bonds is 10. The van der Waals surface area contributed by atoms with Gasteiger partial charge < -0.3 is 15.4 Å². The molecule has 0 heterocycles. The molecule has 7 heteroatoms. The van der Waals surface area contributed by atoms with Gasteiger partial charge >= 0.3 is 0 Å². The van der Waals surface area contributed by atoms with E-state index in [2.05, 4.69) is 22.9 Å². The predicted octanol–water partition coefficient (Wildman–Crippen LogP) is 6.33. The van der Waals surface area contributed by atoms with E-state index in [1.807, 2.05) is 31.2 Å². The van der Waals surface area contributed by atoms with Crippen molar-refractivity contribution in [3.05, 3.63) is 89.5 Å². The lowest BCUT2D eigenvalue weighted by molar-refractivity contribution is 0.0972. The van der Waals surface area contributed by atoms with Gasteiger partial charge in [-0.3, -0.25) is 14.9 Å². The summed E-state index contributed by atoms with van der Waals surface area (Å²) >= 11 is 5.32. The van der Waals surface area contributed by atoms with Gasteiger partial charge in [0.2, 0.25) is 0 Å². The number of aryl methyl sites for hydroxylation is 1. The van der Waals surface area contributed by atoms with Gasteiger partial charge in [0, 0.05) is 16.9 Å². The van der Waals surface area contributed by atoms with Gasteiger partial charge in [-0.15, -0.1) is 0 Å². The maximum atomic E-state index is 12.8. The first-order valence-electron chi connectivity index (χ1n) is 11.8. The summed E-state index contributed by atoms with van der Waals surface area (Å²) in [5.74, 6) is 0.0321. The Morgan fingerprint density at radius 3 is 2.09 bits per heavy atom. The second kappa shape index (κ2) is 13.2. The number of para-hydroxylation sites is 1. The Hall–Kier alpha value is -3.71. The number of unbranched alkanes of at least 4 members (excludes halogenated alkanes) is 3. The van der Waals surface area contributed by atoms with Crippen LogP contribution in [0.2, 0.25) is 0 Å². The van der Waals surface area contributed by atoms with E-state index in [9.17, 15) is 9.59 Å². The van der Waals surface area contributed by atoms with E-state index in [4.69, 9.17) is 17.0 Å². The second-order valence-corrected chi connectivity index (χ2v) is 8.57. The van der Waals surface area contributed by atoms with Crippen molar-refractivity contribution in [1.29, 1.82) is 0 Å². The smallest absolute Gasteiger partial charge is 0.261 e. The summed E-state index contributed by atoms with van der Waals surface area (Å²) < 4.78 is 5.83. The molecular weight excluding hydrogens is 458 g/mol. The summed E-state index contributed by atoms with van der Waals surface area (Å²) in [4.78, 5) is 25.3. The van der Waals surface area contributed by atoms with Crippen molar-refractivity contribution in [2.45, 2.75) is 39.5 Å². The van der Waals surface area contributed by atoms with E-state index < -0.39 is 0 Å². The molecule has 0 saturated carbocycles. The van der Waals surface area contributed by atoms with Crippen LogP contribution in [0.25, 0.3) is 0 Å². The SMILES string of the molecule is CCCCCCOc1ccccc1C(=O)NC(=S)Nc1ccc(NC(=O)c2ccccc2C)cc1. The maximum Gasteiger partial charge on any atom is 0.261 e. The molecule has 0 spiro atoms. The van der Waals surface area contributed by atoms with Crippen molar-refractivity contribution in [3.63, 3.8) is 0 Å². The van der Waals surface area contributed by atoms with Crippen molar-refractivity contribution < 1.29 is 14.3 Å². The standard InChI is InChI=1S/C28H31N3O3S/c1-3-4-5-10-19-34-25-14-9-8-13-24(25)27(33)31-28(35)30-22-17-15-21(16-18-22)29-26(32)23-12-7-6-11-20(23)2/h6-9,11-18H,3-5,10,19H2,1-2H3,(H,29,32)(H2,30,31,33,35). The molecule has 0 fully saturated rings. The van der Waals surface area contributed by atoms with Gasteiger partial charge in [-0.1, -0.05) is 56.5 Å². The largest absolute Gasteiger partial charge is 0.493 e. The molecule has 3 aromatic carbocycles. The lowest BCUT2D eigenvalue weighted by atomic mass is 10.1. The highest BCUT2D eigenvalue weighted by Crippen LogP contribution is 2.19. The van der Waals surface area contributed by atoms with Crippen molar-refractivity contribution >= 4 is 40.5 Å². The summed E-state index contributed by atoms with van der Waals surface area (Å²) in [6.07, 6.45) is 4.39. The number of benzene rings is 3. The molecule has 35 heavy (non-hydrogen) atoms. The summed E-state index contributed by atoms with van der Waals surface area (Å²) in [6.45, 7) is 4.63. The lowest BCUT2D eigenvalue weighted by Crippen LogP contribution is -2.34. The van der Waals surface area contributed by atoms with Crippen LogP contribution in [0.15, 0.2) is 72.8 Å². The first-order chi connectivity index (χ1) is 17.0. The summed E-state index contributed by atoms with van der Waals surface area (Å²) in [5, 5.41) is 8.75. The van der Waals surface area contributed by atoms with Crippen LogP contribution >= 0.6 is 12.2 Å². The van der Waals surface area contributed by atoms with Gasteiger partial charge in [-0.25, -0.2) is 0 Å². The van der Waals surface area contributed by atoms with E-state index >= 15 is 0 Å². The third kappa shape index (κ3) is 7.93. The first-order valence-corrected chi connectivity index (χ1v) is 12.2. The second-order valence-electron chi connectivity index (χ2n) is 8.16. The van der Waals surface area contributed by atoms with Crippen molar-refractivity contribution in [3.8, 4) is 5.75 Å². The van der Waals surface area contributed by atoms with Crippen LogP contribution in [-0.2, 0) is 0 Å². The number of amides is 2. The molecule has 0 aromatic heterocycles. The van der Waals surface area contributed by atoms with E-state index in [0.717, 1.165) is 24.8 Å². The fourth-order valence-corrected chi connectivity index (χ4v) is 3.70. The van der Waals surface area contributed by atoms with E-state index in [0.29, 0.717) is 34.9 Å². The highest BCUT2D eigenvalue weighted by atomic mass is 32.1. The Balaban J connectivity index is 1.53. The average molecular weight is 490 g/mol. The Morgan fingerprint density at radius 2 is 1.40 bits per heavy atom. The Bertz CT molecular complexity index is 1160. The van der Waals surface area contributed by atoms with E-state index in [-0.39, 0.29) is 16.9 Å². The van der Waals surface area contributed by atoms with Crippen molar-refractivity contribution in [2.24, 2.45) is 0 Å². The number of carbonyl (C=O) groups excluding carboxylic acids is 2. The van der Waals surface area contributed by atoms with Crippen LogP contribution in [0.1, 0.15) is 58.9 Å². The lowest BCUT2D eigenvalue weighted by Gasteiger charge is -2.13. The van der Waals surface area contributed by atoms with Crippen LogP contribution in [0.4, 0.5) is 11.4 Å². The Morgan fingerprint density at radius 1 is 0.771 bits per heavy atom. The average Bonchev–Trinajstić information content (AvgIpc) is 2.85. The molecule has 3 rings (SSSR count). The molecule has 0 bridgehead atoms. The summed E-state index contributed by atoms with van der Waals surface area (Å²) in [7, 11) is 0. The van der Waals surface area contributed by atoms with Crippen molar-refractivity contribution in [1.82, 2.24) is 5.32 Å². The van der Waals surface area contributed by atoms with Crippen LogP contribution in [0.3, 0.4) is 0 Å². The quantitative estimate of drug-likeness (QED) is 0.229. The predicted molar refractivity (Wildman–Crippen MR) is 145 cm³/mol. The van der Waals surface area contributed by atoms with Gasteiger partial charge in [0.25, 0.3) is 11.8 Å². The highest BCUT2D eigenvalue weighted by Gasteiger charge is 2.14. The van der Waals surface area contributed by atoms with E-state index in [1.165, 1.54) is 6.42 Å². The third-order valence-corrected chi connectivity index (χ3v) is 5.61. The topological polar surface area (TPSA) is 79.5 Å². The number of hydrogen-bond donors (Lipinski definition) is 3. The number of thiocarbonyl (C=S) groups is 1. The van der Waals surface area contributed by atoms with Gasteiger partial charge in [-0.2, -0.15) is 0 Å². The molecule has 0 aliphatic rings. The van der Waals surface area contributed by atoms with E-state index in [1.54, 1.807) is 48.5 Å². The zero-order valence-electron chi connectivity index (χ0n) is 20.1. The highest BCUT2D eigenvalue weighted by molar-refractivity contribution is 7.80. The molecule has 0 atom stereocenters. The number of nitrogens with one attached hydrogen (secondary N) is 3. The molecule has 0 unspecified atom stereocenters. The first kappa shape index (κ1) is 25.9. The van der Waals surface area contributed by atoms with Crippen molar-refractivity contribution in [2.75, 3.05) is 17.2 Å². The minimum Gasteiger partial charge on any atom is -0.493 e. The summed E-state index contributed by atoms with van der Waals surface area (Å²) in [6, 6.07) is 21.6. The molecule has 6 nitrogen and oxygen atoms in total. The van der Waals surface area contributed by atoms with Gasteiger partial charge in [0.05, 0.1) is 12.2 Å².